The normalized spacial score (nSPS) is 11.2. The van der Waals surface area contributed by atoms with Crippen LogP contribution < -0.4 is 16.4 Å². The number of carbonyl (C=O) groups excluding carboxylic acids is 4. The van der Waals surface area contributed by atoms with Gasteiger partial charge in [-0.15, -0.1) is 0 Å². The fourth-order valence-electron chi connectivity index (χ4n) is 2.11. The summed E-state index contributed by atoms with van der Waals surface area (Å²) in [5.74, 6) is -2.09. The van der Waals surface area contributed by atoms with E-state index in [0.717, 1.165) is 5.56 Å². The van der Waals surface area contributed by atoms with E-state index in [1.807, 2.05) is 30.3 Å². The van der Waals surface area contributed by atoms with Crippen molar-refractivity contribution < 1.29 is 28.7 Å². The predicted molar refractivity (Wildman–Crippen MR) is 96.1 cm³/mol. The van der Waals surface area contributed by atoms with E-state index in [1.54, 1.807) is 0 Å². The lowest BCUT2D eigenvalue weighted by atomic mass is 10.1. The van der Waals surface area contributed by atoms with Crippen LogP contribution in [0.3, 0.4) is 0 Å². The number of ether oxygens (including phenoxy) is 2. The van der Waals surface area contributed by atoms with Crippen molar-refractivity contribution in [1.82, 2.24) is 10.6 Å². The van der Waals surface area contributed by atoms with Crippen LogP contribution in [0.2, 0.25) is 0 Å². The summed E-state index contributed by atoms with van der Waals surface area (Å²) < 4.78 is 9.65. The second-order valence-electron chi connectivity index (χ2n) is 5.64. The van der Waals surface area contributed by atoms with Crippen LogP contribution >= 0.6 is 0 Å². The molecule has 0 aliphatic carbocycles. The SMILES string of the molecule is COC(=O)[C@@H](CCC(=O)NCC(=O)OCc1ccccc1)NC(=O)CCN. The highest BCUT2D eigenvalue weighted by Crippen LogP contribution is 2.02. The van der Waals surface area contributed by atoms with Crippen LogP contribution in [-0.2, 0) is 35.3 Å². The van der Waals surface area contributed by atoms with Crippen molar-refractivity contribution in [3.8, 4) is 0 Å². The molecule has 0 bridgehead atoms. The zero-order valence-corrected chi connectivity index (χ0v) is 15.2. The zero-order valence-electron chi connectivity index (χ0n) is 15.2. The molecule has 4 N–H and O–H groups in total. The third-order valence-corrected chi connectivity index (χ3v) is 3.52. The van der Waals surface area contributed by atoms with Crippen molar-refractivity contribution >= 4 is 23.8 Å². The molecule has 0 radical (unpaired) electrons. The molecule has 0 aliphatic rings. The van der Waals surface area contributed by atoms with Crippen LogP contribution in [0.5, 0.6) is 0 Å². The van der Waals surface area contributed by atoms with Gasteiger partial charge in [-0.2, -0.15) is 0 Å². The molecule has 27 heavy (non-hydrogen) atoms. The smallest absolute Gasteiger partial charge is 0.328 e. The van der Waals surface area contributed by atoms with Crippen LogP contribution in [0.25, 0.3) is 0 Å². The molecule has 148 valence electrons. The Morgan fingerprint density at radius 3 is 2.41 bits per heavy atom. The van der Waals surface area contributed by atoms with Gasteiger partial charge in [-0.05, 0) is 12.0 Å². The molecule has 0 saturated carbocycles. The lowest BCUT2D eigenvalue weighted by Crippen LogP contribution is -2.43. The number of benzene rings is 1. The number of nitrogens with one attached hydrogen (secondary N) is 2. The van der Waals surface area contributed by atoms with Crippen LogP contribution in [-0.4, -0.2) is 50.0 Å². The summed E-state index contributed by atoms with van der Waals surface area (Å²) in [6.45, 7) is -0.0213. The van der Waals surface area contributed by atoms with Crippen LogP contribution in [0, 0.1) is 0 Å². The monoisotopic (exact) mass is 379 g/mol. The average Bonchev–Trinajstić information content (AvgIpc) is 2.68. The largest absolute Gasteiger partial charge is 0.467 e. The van der Waals surface area contributed by atoms with E-state index in [-0.39, 0.29) is 39.0 Å². The Kier molecular flexibility index (Phi) is 10.2. The Hall–Kier alpha value is -2.94. The molecule has 0 unspecified atom stereocenters. The maximum atomic E-state index is 11.8. The van der Waals surface area contributed by atoms with Crippen molar-refractivity contribution in [1.29, 1.82) is 0 Å². The Bertz CT molecular complexity index is 635. The van der Waals surface area contributed by atoms with E-state index in [2.05, 4.69) is 15.4 Å². The molecule has 9 nitrogen and oxygen atoms in total. The topological polar surface area (TPSA) is 137 Å². The van der Waals surface area contributed by atoms with Crippen molar-refractivity contribution in [2.45, 2.75) is 31.9 Å². The Labute approximate surface area is 157 Å². The van der Waals surface area contributed by atoms with Gasteiger partial charge in [-0.25, -0.2) is 4.79 Å². The number of esters is 2. The van der Waals surface area contributed by atoms with Gasteiger partial charge in [0, 0.05) is 19.4 Å². The first kappa shape index (κ1) is 22.1. The Morgan fingerprint density at radius 2 is 1.78 bits per heavy atom. The molecule has 1 atom stereocenters. The highest BCUT2D eigenvalue weighted by atomic mass is 16.5. The summed E-state index contributed by atoms with van der Waals surface area (Å²) in [5.41, 5.74) is 6.12. The number of hydrogen-bond acceptors (Lipinski definition) is 7. The zero-order chi connectivity index (χ0) is 20.1. The number of amides is 2. The molecule has 0 saturated heterocycles. The Morgan fingerprint density at radius 1 is 1.07 bits per heavy atom. The molecule has 1 aromatic carbocycles. The minimum atomic E-state index is -0.954. The predicted octanol–water partition coefficient (Wildman–Crippen LogP) is -0.367. The third-order valence-electron chi connectivity index (χ3n) is 3.52. The van der Waals surface area contributed by atoms with Crippen LogP contribution in [0.4, 0.5) is 0 Å². The highest BCUT2D eigenvalue weighted by Gasteiger charge is 2.22. The second-order valence-corrected chi connectivity index (χ2v) is 5.64. The lowest BCUT2D eigenvalue weighted by Gasteiger charge is -2.16. The number of hydrogen-bond donors (Lipinski definition) is 3. The first-order valence-electron chi connectivity index (χ1n) is 8.49. The third kappa shape index (κ3) is 9.36. The average molecular weight is 379 g/mol. The summed E-state index contributed by atoms with van der Waals surface area (Å²) >= 11 is 0. The van der Waals surface area contributed by atoms with Gasteiger partial charge in [0.1, 0.15) is 19.2 Å². The minimum Gasteiger partial charge on any atom is -0.467 e. The molecule has 0 spiro atoms. The number of methoxy groups -OCH3 is 1. The fourth-order valence-corrected chi connectivity index (χ4v) is 2.11. The minimum absolute atomic E-state index is 0.0356. The van der Waals surface area contributed by atoms with Gasteiger partial charge in [0.15, 0.2) is 0 Å². The van der Waals surface area contributed by atoms with Gasteiger partial charge in [0.25, 0.3) is 0 Å². The number of carbonyl (C=O) groups is 4. The summed E-state index contributed by atoms with van der Waals surface area (Å²) in [7, 11) is 1.19. The molecule has 1 aromatic rings. The number of nitrogens with two attached hydrogens (primary N) is 1. The van der Waals surface area contributed by atoms with Gasteiger partial charge < -0.3 is 25.8 Å². The van der Waals surface area contributed by atoms with E-state index >= 15 is 0 Å². The van der Waals surface area contributed by atoms with Crippen LogP contribution in [0.15, 0.2) is 30.3 Å². The number of rotatable bonds is 11. The van der Waals surface area contributed by atoms with Crippen LogP contribution in [0.1, 0.15) is 24.8 Å². The summed E-state index contributed by atoms with van der Waals surface area (Å²) in [4.78, 5) is 46.7. The summed E-state index contributed by atoms with van der Waals surface area (Å²) in [6, 6.07) is 8.19. The van der Waals surface area contributed by atoms with Crippen molar-refractivity contribution in [3.63, 3.8) is 0 Å². The first-order valence-corrected chi connectivity index (χ1v) is 8.49. The fraction of sp³-hybridized carbons (Fsp3) is 0.444. The van der Waals surface area contributed by atoms with E-state index in [9.17, 15) is 19.2 Å². The molecular formula is C18H25N3O6. The standard InChI is InChI=1S/C18H25N3O6/c1-26-18(25)14(21-16(23)9-10-19)7-8-15(22)20-11-17(24)27-12-13-5-3-2-4-6-13/h2-6,14H,7-12,19H2,1H3,(H,20,22)(H,21,23)/t14-/m1/s1. The van der Waals surface area contributed by atoms with Crippen molar-refractivity contribution in [3.05, 3.63) is 35.9 Å². The first-order chi connectivity index (χ1) is 13.0. The van der Waals surface area contributed by atoms with Gasteiger partial charge in [0.2, 0.25) is 11.8 Å². The van der Waals surface area contributed by atoms with Gasteiger partial charge in [-0.3, -0.25) is 14.4 Å². The van der Waals surface area contributed by atoms with Crippen molar-refractivity contribution in [2.75, 3.05) is 20.2 Å². The van der Waals surface area contributed by atoms with Gasteiger partial charge in [0.05, 0.1) is 7.11 Å². The van der Waals surface area contributed by atoms with E-state index in [0.29, 0.717) is 0 Å². The summed E-state index contributed by atoms with van der Waals surface area (Å²) in [5, 5.41) is 4.87. The molecule has 0 aromatic heterocycles. The van der Waals surface area contributed by atoms with E-state index < -0.39 is 29.8 Å². The second kappa shape index (κ2) is 12.4. The van der Waals surface area contributed by atoms with E-state index in [1.165, 1.54) is 7.11 Å². The Balaban J connectivity index is 2.33. The molecule has 0 heterocycles. The van der Waals surface area contributed by atoms with E-state index in [4.69, 9.17) is 10.5 Å². The maximum Gasteiger partial charge on any atom is 0.328 e. The quantitative estimate of drug-likeness (QED) is 0.446. The van der Waals surface area contributed by atoms with Crippen molar-refractivity contribution in [2.24, 2.45) is 5.73 Å². The summed E-state index contributed by atoms with van der Waals surface area (Å²) in [6.07, 6.45) is 0.0233. The molecule has 1 rings (SSSR count). The lowest BCUT2D eigenvalue weighted by molar-refractivity contribution is -0.146. The highest BCUT2D eigenvalue weighted by molar-refractivity contribution is 5.86. The molecule has 9 heteroatoms. The molecule has 0 fully saturated rings. The molecule has 0 aliphatic heterocycles. The van der Waals surface area contributed by atoms with Gasteiger partial charge in [-0.1, -0.05) is 30.3 Å². The molecular weight excluding hydrogens is 354 g/mol. The molecule has 2 amide bonds. The maximum absolute atomic E-state index is 11.8. The van der Waals surface area contributed by atoms with Gasteiger partial charge >= 0.3 is 11.9 Å².